The average molecular weight is 359 g/mol. The first-order valence-electron chi connectivity index (χ1n) is 8.42. The molecule has 0 bridgehead atoms. The van der Waals surface area contributed by atoms with Crippen LogP contribution in [0, 0.1) is 19.8 Å². The molecule has 0 heterocycles. The summed E-state index contributed by atoms with van der Waals surface area (Å²) in [7, 11) is 0. The summed E-state index contributed by atoms with van der Waals surface area (Å²) in [4.78, 5) is 13.6. The second kappa shape index (κ2) is 8.07. The molecule has 0 aromatic heterocycles. The molecule has 2 rings (SSSR count). The lowest BCUT2D eigenvalue weighted by Crippen LogP contribution is -2.42. The molecule has 3 nitrogen and oxygen atoms in total. The largest absolute Gasteiger partial charge is 0.426 e. The zero-order chi connectivity index (χ0) is 18.6. The molecule has 0 amide bonds. The summed E-state index contributed by atoms with van der Waals surface area (Å²) in [5.74, 6) is -0.461. The first-order chi connectivity index (χ1) is 11.7. The first kappa shape index (κ1) is 19.5. The van der Waals surface area contributed by atoms with E-state index in [0.717, 1.165) is 16.0 Å². The van der Waals surface area contributed by atoms with Crippen LogP contribution < -0.4 is 4.74 Å². The number of esters is 1. The lowest BCUT2D eigenvalue weighted by Gasteiger charge is -2.33. The van der Waals surface area contributed by atoms with Gasteiger partial charge < -0.3 is 9.84 Å². The Morgan fingerprint density at radius 2 is 1.60 bits per heavy atom. The molecule has 0 aliphatic heterocycles. The number of para-hydroxylation sites is 1. The molecule has 0 aliphatic rings. The number of thioether (sulfide) groups is 1. The van der Waals surface area contributed by atoms with E-state index in [1.54, 1.807) is 18.7 Å². The fourth-order valence-corrected chi connectivity index (χ4v) is 3.96. The van der Waals surface area contributed by atoms with Crippen LogP contribution in [0.15, 0.2) is 53.4 Å². The third kappa shape index (κ3) is 4.86. The van der Waals surface area contributed by atoms with Gasteiger partial charge in [0.15, 0.2) is 0 Å². The van der Waals surface area contributed by atoms with Crippen molar-refractivity contribution in [1.82, 2.24) is 0 Å². The number of aliphatic hydroxyl groups excluding tert-OH is 1. The lowest BCUT2D eigenvalue weighted by atomic mass is 9.94. The van der Waals surface area contributed by atoms with Crippen molar-refractivity contribution in [1.29, 1.82) is 0 Å². The van der Waals surface area contributed by atoms with Crippen molar-refractivity contribution in [3.8, 4) is 5.75 Å². The van der Waals surface area contributed by atoms with E-state index >= 15 is 0 Å². The lowest BCUT2D eigenvalue weighted by molar-refractivity contribution is -0.142. The topological polar surface area (TPSA) is 46.5 Å². The van der Waals surface area contributed by atoms with E-state index < -0.39 is 22.7 Å². The SMILES string of the molecule is Cc1cccc(C)c1OC(=O)[C@H](C)[C@H](O)C(C)(C)Sc1ccccc1. The minimum absolute atomic E-state index is 0.411. The summed E-state index contributed by atoms with van der Waals surface area (Å²) in [5.41, 5.74) is 1.82. The van der Waals surface area contributed by atoms with Gasteiger partial charge in [-0.05, 0) is 57.9 Å². The Balaban J connectivity index is 2.10. The van der Waals surface area contributed by atoms with Gasteiger partial charge in [-0.25, -0.2) is 0 Å². The molecular weight excluding hydrogens is 332 g/mol. The van der Waals surface area contributed by atoms with E-state index in [1.165, 1.54) is 0 Å². The van der Waals surface area contributed by atoms with Crippen LogP contribution in [0.3, 0.4) is 0 Å². The second-order valence-electron chi connectivity index (χ2n) is 6.89. The minimum atomic E-state index is -0.838. The van der Waals surface area contributed by atoms with Crippen LogP contribution in [0.25, 0.3) is 0 Å². The molecule has 1 N–H and O–H groups in total. The Morgan fingerprint density at radius 1 is 1.04 bits per heavy atom. The molecular formula is C21H26O3S. The fourth-order valence-electron chi connectivity index (χ4n) is 2.74. The molecule has 0 saturated carbocycles. The molecule has 134 valence electrons. The van der Waals surface area contributed by atoms with E-state index in [9.17, 15) is 9.90 Å². The Labute approximate surface area is 154 Å². The number of ether oxygens (including phenoxy) is 1. The molecule has 0 fully saturated rings. The molecule has 0 saturated heterocycles. The van der Waals surface area contributed by atoms with Crippen molar-refractivity contribution in [2.24, 2.45) is 5.92 Å². The van der Waals surface area contributed by atoms with Gasteiger partial charge in [-0.2, -0.15) is 0 Å². The van der Waals surface area contributed by atoms with Crippen molar-refractivity contribution in [2.45, 2.75) is 50.4 Å². The maximum atomic E-state index is 12.6. The van der Waals surface area contributed by atoms with E-state index in [-0.39, 0.29) is 0 Å². The maximum Gasteiger partial charge on any atom is 0.316 e. The summed E-state index contributed by atoms with van der Waals surface area (Å²) in [5, 5.41) is 10.8. The fraction of sp³-hybridized carbons (Fsp3) is 0.381. The van der Waals surface area contributed by atoms with Crippen LogP contribution in [0.4, 0.5) is 0 Å². The zero-order valence-corrected chi connectivity index (χ0v) is 16.3. The van der Waals surface area contributed by atoms with Crippen molar-refractivity contribution < 1.29 is 14.6 Å². The van der Waals surface area contributed by atoms with Gasteiger partial charge in [-0.3, -0.25) is 4.79 Å². The standard InChI is InChI=1S/C21H26O3S/c1-14-10-9-11-15(2)18(14)24-20(23)16(3)19(22)21(4,5)25-17-12-7-6-8-13-17/h6-13,16,19,22H,1-5H3/t16-,19+/m1/s1. The molecule has 0 unspecified atom stereocenters. The molecule has 0 radical (unpaired) electrons. The summed E-state index contributed by atoms with van der Waals surface area (Å²) < 4.78 is 5.07. The maximum absolute atomic E-state index is 12.6. The second-order valence-corrected chi connectivity index (χ2v) is 8.62. The van der Waals surface area contributed by atoms with Gasteiger partial charge in [0.25, 0.3) is 0 Å². The van der Waals surface area contributed by atoms with Gasteiger partial charge in [0.05, 0.1) is 12.0 Å². The Morgan fingerprint density at radius 3 is 2.16 bits per heavy atom. The Hall–Kier alpha value is -1.78. The molecule has 2 aromatic carbocycles. The molecule has 0 spiro atoms. The van der Waals surface area contributed by atoms with Gasteiger partial charge >= 0.3 is 5.97 Å². The number of aliphatic hydroxyl groups is 1. The monoisotopic (exact) mass is 358 g/mol. The number of rotatable bonds is 6. The predicted molar refractivity (Wildman–Crippen MR) is 103 cm³/mol. The Bertz CT molecular complexity index is 705. The quantitative estimate of drug-likeness (QED) is 0.459. The third-order valence-electron chi connectivity index (χ3n) is 4.29. The number of carbonyl (C=O) groups is 1. The number of hydrogen-bond acceptors (Lipinski definition) is 4. The van der Waals surface area contributed by atoms with Crippen LogP contribution >= 0.6 is 11.8 Å². The smallest absolute Gasteiger partial charge is 0.316 e. The van der Waals surface area contributed by atoms with E-state index in [2.05, 4.69) is 0 Å². The van der Waals surface area contributed by atoms with Crippen molar-refractivity contribution in [2.75, 3.05) is 0 Å². The van der Waals surface area contributed by atoms with Crippen LogP contribution in [0.1, 0.15) is 31.9 Å². The summed E-state index contributed by atoms with van der Waals surface area (Å²) in [6, 6.07) is 15.6. The average Bonchev–Trinajstić information content (AvgIpc) is 2.57. The van der Waals surface area contributed by atoms with Gasteiger partial charge in [0, 0.05) is 9.64 Å². The molecule has 25 heavy (non-hydrogen) atoms. The highest BCUT2D eigenvalue weighted by Crippen LogP contribution is 2.38. The minimum Gasteiger partial charge on any atom is -0.426 e. The predicted octanol–water partition coefficient (Wildman–Crippen LogP) is 4.78. The van der Waals surface area contributed by atoms with Crippen LogP contribution in [-0.2, 0) is 4.79 Å². The summed E-state index contributed by atoms with van der Waals surface area (Å²) in [6.07, 6.45) is -0.838. The van der Waals surface area contributed by atoms with E-state index in [4.69, 9.17) is 4.74 Å². The summed E-state index contributed by atoms with van der Waals surface area (Å²) in [6.45, 7) is 9.42. The number of carbonyl (C=O) groups excluding carboxylic acids is 1. The Kier molecular flexibility index (Phi) is 6.31. The van der Waals surface area contributed by atoms with Crippen LogP contribution in [0.2, 0.25) is 0 Å². The molecule has 0 aliphatic carbocycles. The van der Waals surface area contributed by atoms with Crippen LogP contribution in [-0.4, -0.2) is 21.9 Å². The normalized spacial score (nSPS) is 14.0. The van der Waals surface area contributed by atoms with Crippen molar-refractivity contribution in [3.63, 3.8) is 0 Å². The highest BCUT2D eigenvalue weighted by Gasteiger charge is 2.37. The van der Waals surface area contributed by atoms with Crippen molar-refractivity contribution >= 4 is 17.7 Å². The van der Waals surface area contributed by atoms with Gasteiger partial charge in [-0.1, -0.05) is 36.4 Å². The van der Waals surface area contributed by atoms with Crippen molar-refractivity contribution in [3.05, 3.63) is 59.7 Å². The highest BCUT2D eigenvalue weighted by atomic mass is 32.2. The first-order valence-corrected chi connectivity index (χ1v) is 9.24. The van der Waals surface area contributed by atoms with Gasteiger partial charge in [0.1, 0.15) is 5.75 Å². The van der Waals surface area contributed by atoms with Gasteiger partial charge in [0.2, 0.25) is 0 Å². The third-order valence-corrected chi connectivity index (χ3v) is 5.57. The number of hydrogen-bond donors (Lipinski definition) is 1. The highest BCUT2D eigenvalue weighted by molar-refractivity contribution is 8.00. The van der Waals surface area contributed by atoms with Crippen LogP contribution in [0.5, 0.6) is 5.75 Å². The summed E-state index contributed by atoms with van der Waals surface area (Å²) >= 11 is 1.55. The molecule has 4 heteroatoms. The number of aryl methyl sites for hydroxylation is 2. The molecule has 2 atom stereocenters. The van der Waals surface area contributed by atoms with Gasteiger partial charge in [-0.15, -0.1) is 11.8 Å². The number of benzene rings is 2. The molecule has 2 aromatic rings. The zero-order valence-electron chi connectivity index (χ0n) is 15.4. The van der Waals surface area contributed by atoms with E-state index in [0.29, 0.717) is 5.75 Å². The van der Waals surface area contributed by atoms with E-state index in [1.807, 2.05) is 76.2 Å².